The normalized spacial score (nSPS) is 26.6. The van der Waals surface area contributed by atoms with E-state index in [4.69, 9.17) is 18.6 Å². The standard InChI is InChI=1S/C37H52FN3O8/c1-6-47-35(44)31-20-25-19-26(13-16-30(25)48-31)39-33(42)32-28(22-11-14-27(46-5)15-12-22)17-18-41(32)34(43)24-9-7-23(8-10-24)29(21-38)40-36(45)49-37(2,3)4/h13,16,19-20,22-24,27-29,32H,6-12,14-15,17-18,21H2,1-5H3,(H,39,42)(H,40,45)/t22-,23-,24-,27-,28-,29+,32-/m0/s1. The first-order valence-electron chi connectivity index (χ1n) is 17.8. The van der Waals surface area contributed by atoms with Crippen LogP contribution in [0.3, 0.4) is 0 Å². The van der Waals surface area contributed by atoms with Crippen molar-refractivity contribution in [3.05, 3.63) is 30.0 Å². The quantitative estimate of drug-likeness (QED) is 0.266. The number of alkyl carbamates (subject to hydrolysis) is 1. The predicted octanol–water partition coefficient (Wildman–Crippen LogP) is 6.64. The Morgan fingerprint density at radius 3 is 2.35 bits per heavy atom. The Hall–Kier alpha value is -3.67. The molecule has 3 aliphatic rings. The molecular formula is C37H52FN3O8. The summed E-state index contributed by atoms with van der Waals surface area (Å²) in [6.45, 7) is 7.03. The van der Waals surface area contributed by atoms with Crippen molar-refractivity contribution in [1.82, 2.24) is 10.2 Å². The van der Waals surface area contributed by atoms with Crippen LogP contribution in [0.25, 0.3) is 11.0 Å². The minimum absolute atomic E-state index is 0.0140. The smallest absolute Gasteiger partial charge is 0.407 e. The molecule has 270 valence electrons. The van der Waals surface area contributed by atoms with E-state index in [-0.39, 0.29) is 48.0 Å². The number of furan rings is 1. The van der Waals surface area contributed by atoms with Gasteiger partial charge in [0.1, 0.15) is 23.9 Å². The minimum atomic E-state index is -0.710. The Kier molecular flexibility index (Phi) is 11.9. The first-order chi connectivity index (χ1) is 23.4. The van der Waals surface area contributed by atoms with Crippen LogP contribution in [0, 0.1) is 23.7 Å². The van der Waals surface area contributed by atoms with Crippen molar-refractivity contribution in [3.8, 4) is 0 Å². The number of methoxy groups -OCH3 is 1. The van der Waals surface area contributed by atoms with Gasteiger partial charge in [-0.05, 0) is 128 Å². The van der Waals surface area contributed by atoms with Crippen molar-refractivity contribution in [3.63, 3.8) is 0 Å². The van der Waals surface area contributed by atoms with Gasteiger partial charge >= 0.3 is 12.1 Å². The number of halogens is 1. The summed E-state index contributed by atoms with van der Waals surface area (Å²) >= 11 is 0. The lowest BCUT2D eigenvalue weighted by Crippen LogP contribution is -2.50. The van der Waals surface area contributed by atoms with E-state index < -0.39 is 36.4 Å². The third kappa shape index (κ3) is 8.93. The number of rotatable bonds is 10. The molecule has 1 aliphatic heterocycles. The zero-order chi connectivity index (χ0) is 35.3. The molecule has 49 heavy (non-hydrogen) atoms. The fourth-order valence-electron chi connectivity index (χ4n) is 8.03. The lowest BCUT2D eigenvalue weighted by atomic mass is 9.75. The van der Waals surface area contributed by atoms with Gasteiger partial charge in [-0.15, -0.1) is 0 Å². The number of nitrogens with one attached hydrogen (secondary N) is 2. The Balaban J connectivity index is 1.28. The molecule has 11 nitrogen and oxygen atoms in total. The van der Waals surface area contributed by atoms with E-state index in [9.17, 15) is 23.6 Å². The molecule has 1 saturated heterocycles. The Morgan fingerprint density at radius 1 is 1.00 bits per heavy atom. The second kappa shape index (κ2) is 15.9. The third-order valence-corrected chi connectivity index (χ3v) is 10.5. The summed E-state index contributed by atoms with van der Waals surface area (Å²) in [5, 5.41) is 6.41. The molecule has 2 heterocycles. The van der Waals surface area contributed by atoms with E-state index in [1.54, 1.807) is 64.0 Å². The average molecular weight is 686 g/mol. The maximum atomic E-state index is 14.2. The molecule has 3 fully saturated rings. The largest absolute Gasteiger partial charge is 0.460 e. The van der Waals surface area contributed by atoms with E-state index in [0.717, 1.165) is 32.1 Å². The second-order valence-corrected chi connectivity index (χ2v) is 14.8. The molecule has 1 aromatic carbocycles. The van der Waals surface area contributed by atoms with Gasteiger partial charge < -0.3 is 34.2 Å². The van der Waals surface area contributed by atoms with E-state index in [2.05, 4.69) is 10.6 Å². The maximum Gasteiger partial charge on any atom is 0.407 e. The molecule has 2 aromatic rings. The topological polar surface area (TPSA) is 136 Å². The molecule has 5 rings (SSSR count). The molecule has 2 N–H and O–H groups in total. The van der Waals surface area contributed by atoms with Crippen LogP contribution >= 0.6 is 0 Å². The van der Waals surface area contributed by atoms with Crippen molar-refractivity contribution in [2.45, 2.75) is 109 Å². The van der Waals surface area contributed by atoms with Crippen molar-refractivity contribution in [2.75, 3.05) is 32.3 Å². The number of hydrogen-bond acceptors (Lipinski definition) is 8. The van der Waals surface area contributed by atoms with Crippen LogP contribution in [0.5, 0.6) is 0 Å². The molecule has 2 saturated carbocycles. The number of ether oxygens (including phenoxy) is 3. The van der Waals surface area contributed by atoms with Gasteiger partial charge in [0.15, 0.2) is 0 Å². The third-order valence-electron chi connectivity index (χ3n) is 10.5. The van der Waals surface area contributed by atoms with Crippen LogP contribution in [-0.4, -0.2) is 79.5 Å². The number of esters is 1. The molecule has 0 bridgehead atoms. The fraction of sp³-hybridized carbons (Fsp3) is 0.676. The summed E-state index contributed by atoms with van der Waals surface area (Å²) in [6.07, 6.45) is 6.36. The van der Waals surface area contributed by atoms with E-state index in [1.807, 2.05) is 0 Å². The van der Waals surface area contributed by atoms with Gasteiger partial charge in [-0.2, -0.15) is 0 Å². The van der Waals surface area contributed by atoms with Crippen LogP contribution in [-0.2, 0) is 23.8 Å². The second-order valence-electron chi connectivity index (χ2n) is 14.8. The number of hydrogen-bond donors (Lipinski definition) is 2. The minimum Gasteiger partial charge on any atom is -0.460 e. The van der Waals surface area contributed by atoms with Crippen LogP contribution < -0.4 is 10.6 Å². The van der Waals surface area contributed by atoms with Gasteiger partial charge in [-0.25, -0.2) is 14.0 Å². The summed E-state index contributed by atoms with van der Waals surface area (Å²) in [4.78, 5) is 54.7. The summed E-state index contributed by atoms with van der Waals surface area (Å²) in [6, 6.07) is 5.48. The van der Waals surface area contributed by atoms with Crippen molar-refractivity contribution in [1.29, 1.82) is 0 Å². The van der Waals surface area contributed by atoms with E-state index in [1.165, 1.54) is 0 Å². The van der Waals surface area contributed by atoms with Gasteiger partial charge in [0.05, 0.1) is 18.8 Å². The molecule has 12 heteroatoms. The number of benzene rings is 1. The lowest BCUT2D eigenvalue weighted by Gasteiger charge is -2.38. The molecule has 1 aromatic heterocycles. The van der Waals surface area contributed by atoms with E-state index >= 15 is 0 Å². The van der Waals surface area contributed by atoms with Gasteiger partial charge in [-0.1, -0.05) is 0 Å². The highest BCUT2D eigenvalue weighted by molar-refractivity contribution is 6.00. The Morgan fingerprint density at radius 2 is 1.71 bits per heavy atom. The zero-order valence-electron chi connectivity index (χ0n) is 29.4. The van der Waals surface area contributed by atoms with Crippen LogP contribution in [0.2, 0.25) is 0 Å². The summed E-state index contributed by atoms with van der Waals surface area (Å²) in [5.74, 6) is -0.802. The zero-order valence-corrected chi connectivity index (χ0v) is 29.4. The van der Waals surface area contributed by atoms with Crippen LogP contribution in [0.1, 0.15) is 96.0 Å². The predicted molar refractivity (Wildman–Crippen MR) is 182 cm³/mol. The number of carbonyl (C=O) groups excluding carboxylic acids is 4. The highest BCUT2D eigenvalue weighted by Gasteiger charge is 2.47. The number of amides is 3. The summed E-state index contributed by atoms with van der Waals surface area (Å²) in [7, 11) is 1.74. The van der Waals surface area contributed by atoms with Gasteiger partial charge in [-0.3, -0.25) is 9.59 Å². The van der Waals surface area contributed by atoms with Crippen LogP contribution in [0.15, 0.2) is 28.7 Å². The first-order valence-corrected chi connectivity index (χ1v) is 17.8. The molecule has 0 unspecified atom stereocenters. The first kappa shape index (κ1) is 36.6. The molecular weight excluding hydrogens is 633 g/mol. The van der Waals surface area contributed by atoms with Crippen molar-refractivity contribution >= 4 is 40.5 Å². The SMILES string of the molecule is CCOC(=O)c1cc2cc(NC(=O)[C@@H]3[C@H]([C@H]4CC[C@H](OC)CC4)CCN3C(=O)[C@H]3CC[C@H]([C@@H](CF)NC(=O)OC(C)(C)C)CC3)ccc2o1. The number of anilines is 1. The van der Waals surface area contributed by atoms with Crippen LogP contribution in [0.4, 0.5) is 14.9 Å². The van der Waals surface area contributed by atoms with Gasteiger partial charge in [0, 0.05) is 30.6 Å². The highest BCUT2D eigenvalue weighted by atomic mass is 19.1. The molecule has 0 spiro atoms. The Labute approximate surface area is 287 Å². The Bertz CT molecular complexity index is 1470. The molecule has 3 atom stereocenters. The lowest BCUT2D eigenvalue weighted by molar-refractivity contribution is -0.142. The molecule has 2 aliphatic carbocycles. The van der Waals surface area contributed by atoms with E-state index in [0.29, 0.717) is 54.8 Å². The number of alkyl halides is 1. The fourth-order valence-corrected chi connectivity index (χ4v) is 8.03. The van der Waals surface area contributed by atoms with Gasteiger partial charge in [0.2, 0.25) is 17.6 Å². The van der Waals surface area contributed by atoms with Crippen molar-refractivity contribution in [2.24, 2.45) is 23.7 Å². The number of likely N-dealkylation sites (tertiary alicyclic amines) is 1. The number of carbonyl (C=O) groups is 4. The summed E-state index contributed by atoms with van der Waals surface area (Å²) < 4.78 is 35.7. The number of fused-ring (bicyclic) bond motifs is 1. The van der Waals surface area contributed by atoms with Gasteiger partial charge in [0.25, 0.3) is 0 Å². The maximum absolute atomic E-state index is 14.2. The number of nitrogens with zero attached hydrogens (tertiary/aromatic N) is 1. The molecule has 0 radical (unpaired) electrons. The molecule has 3 amide bonds. The highest BCUT2D eigenvalue weighted by Crippen LogP contribution is 2.42. The average Bonchev–Trinajstić information content (AvgIpc) is 3.71. The van der Waals surface area contributed by atoms with Crippen molar-refractivity contribution < 1.29 is 42.2 Å². The summed E-state index contributed by atoms with van der Waals surface area (Å²) in [5.41, 5.74) is 0.359. The monoisotopic (exact) mass is 685 g/mol.